The molecule has 0 aliphatic rings. The van der Waals surface area contributed by atoms with Crippen molar-refractivity contribution in [1.82, 2.24) is 10.3 Å². The molecule has 1 heterocycles. The quantitative estimate of drug-likeness (QED) is 0.744. The first-order chi connectivity index (χ1) is 11.6. The minimum absolute atomic E-state index is 0.123. The van der Waals surface area contributed by atoms with Crippen molar-refractivity contribution in [2.24, 2.45) is 0 Å². The average Bonchev–Trinajstić information content (AvgIpc) is 2.99. The summed E-state index contributed by atoms with van der Waals surface area (Å²) >= 11 is 1.40. The molecule has 4 nitrogen and oxygen atoms in total. The molecule has 0 fully saturated rings. The summed E-state index contributed by atoms with van der Waals surface area (Å²) in [5, 5.41) is 13.5. The number of para-hydroxylation sites is 1. The largest absolute Gasteiger partial charge is 0.508 e. The Morgan fingerprint density at radius 3 is 2.58 bits per heavy atom. The van der Waals surface area contributed by atoms with Crippen molar-refractivity contribution >= 4 is 17.2 Å². The maximum absolute atomic E-state index is 12.4. The van der Waals surface area contributed by atoms with Crippen LogP contribution in [-0.4, -0.2) is 22.5 Å². The Balaban J connectivity index is 1.65. The second-order valence-corrected chi connectivity index (χ2v) is 6.43. The van der Waals surface area contributed by atoms with Gasteiger partial charge in [0.2, 0.25) is 0 Å². The number of hydrogen-bond donors (Lipinski definition) is 2. The molecular formula is C19H18N2O2S. The zero-order valence-corrected chi connectivity index (χ0v) is 14.1. The molecule has 0 radical (unpaired) electrons. The van der Waals surface area contributed by atoms with Crippen LogP contribution in [0.4, 0.5) is 0 Å². The number of hydrogen-bond acceptors (Lipinski definition) is 4. The molecule has 1 amide bonds. The van der Waals surface area contributed by atoms with Gasteiger partial charge < -0.3 is 10.4 Å². The van der Waals surface area contributed by atoms with E-state index in [0.717, 1.165) is 21.8 Å². The molecule has 0 saturated carbocycles. The maximum Gasteiger partial charge on any atom is 0.263 e. The van der Waals surface area contributed by atoms with E-state index in [2.05, 4.69) is 10.3 Å². The molecule has 2 aromatic carbocycles. The van der Waals surface area contributed by atoms with Crippen LogP contribution in [0.3, 0.4) is 0 Å². The van der Waals surface area contributed by atoms with E-state index in [1.807, 2.05) is 49.4 Å². The molecule has 24 heavy (non-hydrogen) atoms. The lowest BCUT2D eigenvalue weighted by Gasteiger charge is -2.06. The van der Waals surface area contributed by atoms with Crippen LogP contribution in [0.1, 0.15) is 20.9 Å². The van der Waals surface area contributed by atoms with Gasteiger partial charge >= 0.3 is 0 Å². The predicted molar refractivity (Wildman–Crippen MR) is 96.4 cm³/mol. The standard InChI is InChI=1S/C19H18N2O2S/c1-13-17(24-19(21-13)15-8-3-2-4-9-15)18(23)20-12-11-14-7-5-6-10-16(14)22/h2-10,22H,11-12H2,1H3,(H,20,23). The van der Waals surface area contributed by atoms with E-state index in [1.165, 1.54) is 11.3 Å². The normalized spacial score (nSPS) is 10.5. The topological polar surface area (TPSA) is 62.2 Å². The highest BCUT2D eigenvalue weighted by atomic mass is 32.1. The second-order valence-electron chi connectivity index (χ2n) is 5.43. The van der Waals surface area contributed by atoms with Crippen molar-refractivity contribution in [3.05, 3.63) is 70.7 Å². The minimum Gasteiger partial charge on any atom is -0.508 e. The van der Waals surface area contributed by atoms with Crippen molar-refractivity contribution in [2.75, 3.05) is 6.54 Å². The zero-order valence-electron chi connectivity index (χ0n) is 13.3. The van der Waals surface area contributed by atoms with Gasteiger partial charge in [-0.1, -0.05) is 48.5 Å². The van der Waals surface area contributed by atoms with Gasteiger partial charge in [-0.15, -0.1) is 11.3 Å². The van der Waals surface area contributed by atoms with Crippen LogP contribution in [0.15, 0.2) is 54.6 Å². The summed E-state index contributed by atoms with van der Waals surface area (Å²) in [4.78, 5) is 17.5. The Hall–Kier alpha value is -2.66. The number of nitrogens with zero attached hydrogens (tertiary/aromatic N) is 1. The van der Waals surface area contributed by atoms with Gasteiger partial charge in [-0.3, -0.25) is 4.79 Å². The monoisotopic (exact) mass is 338 g/mol. The number of aromatic hydroxyl groups is 1. The molecule has 0 bridgehead atoms. The molecule has 0 unspecified atom stereocenters. The van der Waals surface area contributed by atoms with Crippen molar-refractivity contribution in [3.8, 4) is 16.3 Å². The van der Waals surface area contributed by atoms with Gasteiger partial charge in [-0.2, -0.15) is 0 Å². The van der Waals surface area contributed by atoms with E-state index >= 15 is 0 Å². The summed E-state index contributed by atoms with van der Waals surface area (Å²) in [5.74, 6) is 0.134. The number of phenols is 1. The number of amides is 1. The number of aromatic nitrogens is 1. The van der Waals surface area contributed by atoms with Crippen molar-refractivity contribution < 1.29 is 9.90 Å². The summed E-state index contributed by atoms with van der Waals surface area (Å²) in [6.07, 6.45) is 0.585. The summed E-state index contributed by atoms with van der Waals surface area (Å²) in [5.41, 5.74) is 2.57. The highest BCUT2D eigenvalue weighted by Crippen LogP contribution is 2.27. The molecule has 3 aromatic rings. The van der Waals surface area contributed by atoms with Gasteiger partial charge in [0, 0.05) is 12.1 Å². The Morgan fingerprint density at radius 2 is 1.83 bits per heavy atom. The van der Waals surface area contributed by atoms with Crippen LogP contribution in [0, 0.1) is 6.92 Å². The highest BCUT2D eigenvalue weighted by molar-refractivity contribution is 7.17. The van der Waals surface area contributed by atoms with Crippen LogP contribution in [-0.2, 0) is 6.42 Å². The number of carbonyl (C=O) groups excluding carboxylic acids is 1. The van der Waals surface area contributed by atoms with E-state index in [1.54, 1.807) is 12.1 Å². The molecule has 122 valence electrons. The van der Waals surface area contributed by atoms with Crippen LogP contribution in [0.2, 0.25) is 0 Å². The number of phenolic OH excluding ortho intramolecular Hbond substituents is 1. The Bertz CT molecular complexity index is 844. The molecular weight excluding hydrogens is 320 g/mol. The van der Waals surface area contributed by atoms with E-state index in [4.69, 9.17) is 0 Å². The van der Waals surface area contributed by atoms with Gasteiger partial charge in [0.25, 0.3) is 5.91 Å². The third-order valence-electron chi connectivity index (χ3n) is 3.70. The zero-order chi connectivity index (χ0) is 16.9. The summed E-state index contributed by atoms with van der Waals surface area (Å²) in [6, 6.07) is 17.0. The lowest BCUT2D eigenvalue weighted by atomic mass is 10.1. The number of thiazole rings is 1. The van der Waals surface area contributed by atoms with E-state index in [9.17, 15) is 9.90 Å². The van der Waals surface area contributed by atoms with Crippen LogP contribution in [0.25, 0.3) is 10.6 Å². The van der Waals surface area contributed by atoms with Crippen molar-refractivity contribution in [3.63, 3.8) is 0 Å². The predicted octanol–water partition coefficient (Wildman–Crippen LogP) is 3.80. The molecule has 0 saturated heterocycles. The number of nitrogens with one attached hydrogen (secondary N) is 1. The summed E-state index contributed by atoms with van der Waals surface area (Å²) < 4.78 is 0. The second kappa shape index (κ2) is 7.27. The Labute approximate surface area is 144 Å². The summed E-state index contributed by atoms with van der Waals surface area (Å²) in [6.45, 7) is 2.31. The molecule has 2 N–H and O–H groups in total. The average molecular weight is 338 g/mol. The first kappa shape index (κ1) is 16.2. The molecule has 5 heteroatoms. The fourth-order valence-corrected chi connectivity index (χ4v) is 3.41. The van der Waals surface area contributed by atoms with E-state index in [0.29, 0.717) is 17.8 Å². The number of aryl methyl sites for hydroxylation is 1. The SMILES string of the molecule is Cc1nc(-c2ccccc2)sc1C(=O)NCCc1ccccc1O. The molecule has 0 aliphatic heterocycles. The molecule has 0 spiro atoms. The Kier molecular flexibility index (Phi) is 4.91. The molecule has 0 aliphatic carbocycles. The molecule has 1 aromatic heterocycles. The third-order valence-corrected chi connectivity index (χ3v) is 4.90. The van der Waals surface area contributed by atoms with Crippen LogP contribution < -0.4 is 5.32 Å². The highest BCUT2D eigenvalue weighted by Gasteiger charge is 2.15. The summed E-state index contributed by atoms with van der Waals surface area (Å²) in [7, 11) is 0. The van der Waals surface area contributed by atoms with E-state index in [-0.39, 0.29) is 11.7 Å². The first-order valence-corrected chi connectivity index (χ1v) is 8.54. The van der Waals surface area contributed by atoms with Crippen LogP contribution in [0.5, 0.6) is 5.75 Å². The van der Waals surface area contributed by atoms with Gasteiger partial charge in [-0.25, -0.2) is 4.98 Å². The lowest BCUT2D eigenvalue weighted by molar-refractivity contribution is 0.0957. The number of carbonyl (C=O) groups is 1. The van der Waals surface area contributed by atoms with Gasteiger partial charge in [-0.05, 0) is 25.0 Å². The number of benzene rings is 2. The Morgan fingerprint density at radius 1 is 1.12 bits per heavy atom. The number of rotatable bonds is 5. The fraction of sp³-hybridized carbons (Fsp3) is 0.158. The fourth-order valence-electron chi connectivity index (χ4n) is 2.42. The minimum atomic E-state index is -0.123. The molecule has 3 rings (SSSR count). The van der Waals surface area contributed by atoms with Gasteiger partial charge in [0.05, 0.1) is 5.69 Å². The van der Waals surface area contributed by atoms with Crippen LogP contribution >= 0.6 is 11.3 Å². The lowest BCUT2D eigenvalue weighted by Crippen LogP contribution is -2.25. The van der Waals surface area contributed by atoms with Crippen molar-refractivity contribution in [2.45, 2.75) is 13.3 Å². The first-order valence-electron chi connectivity index (χ1n) is 7.73. The molecule has 0 atom stereocenters. The van der Waals surface area contributed by atoms with Crippen molar-refractivity contribution in [1.29, 1.82) is 0 Å². The third kappa shape index (κ3) is 3.63. The van der Waals surface area contributed by atoms with Gasteiger partial charge in [0.15, 0.2) is 0 Å². The maximum atomic E-state index is 12.4. The smallest absolute Gasteiger partial charge is 0.263 e. The van der Waals surface area contributed by atoms with Gasteiger partial charge in [0.1, 0.15) is 15.6 Å². The van der Waals surface area contributed by atoms with E-state index < -0.39 is 0 Å².